The molecule has 2 aromatic carbocycles. The van der Waals surface area contributed by atoms with Crippen LogP contribution in [0.1, 0.15) is 33.3 Å². The molecule has 0 aromatic heterocycles. The summed E-state index contributed by atoms with van der Waals surface area (Å²) in [7, 11) is -3.63. The second kappa shape index (κ2) is 8.54. The summed E-state index contributed by atoms with van der Waals surface area (Å²) in [6.07, 6.45) is 0. The topological polar surface area (TPSA) is 84.5 Å². The summed E-state index contributed by atoms with van der Waals surface area (Å²) < 4.78 is 32.7. The van der Waals surface area contributed by atoms with Gasteiger partial charge in [-0.25, -0.2) is 13.1 Å². The van der Waals surface area contributed by atoms with Gasteiger partial charge in [0, 0.05) is 19.2 Å². The van der Waals surface area contributed by atoms with E-state index >= 15 is 0 Å². The van der Waals surface area contributed by atoms with Gasteiger partial charge in [-0.2, -0.15) is 0 Å². The smallest absolute Gasteiger partial charge is 0.240 e. The van der Waals surface area contributed by atoms with E-state index in [1.165, 1.54) is 24.6 Å². The van der Waals surface area contributed by atoms with Gasteiger partial charge in [-0.05, 0) is 47.4 Å². The Morgan fingerprint density at radius 2 is 1.59 bits per heavy atom. The molecule has 0 saturated carbocycles. The van der Waals surface area contributed by atoms with Gasteiger partial charge in [-0.1, -0.05) is 32.9 Å². The van der Waals surface area contributed by atoms with Crippen LogP contribution in [-0.4, -0.2) is 27.5 Å². The SMILES string of the molecule is CC(=O)Nc1ccc(S(=O)(=O)NCCOc2ccc(C(C)(C)C)cc2)cc1. The molecule has 27 heavy (non-hydrogen) atoms. The predicted octanol–water partition coefficient (Wildman–Crippen LogP) is 3.30. The predicted molar refractivity (Wildman–Crippen MR) is 107 cm³/mol. The van der Waals surface area contributed by atoms with Crippen molar-refractivity contribution in [1.29, 1.82) is 0 Å². The summed E-state index contributed by atoms with van der Waals surface area (Å²) >= 11 is 0. The Kier molecular flexibility index (Phi) is 6.62. The molecule has 0 bridgehead atoms. The molecule has 0 radical (unpaired) electrons. The zero-order valence-corrected chi connectivity index (χ0v) is 16.9. The van der Waals surface area contributed by atoms with Crippen molar-refractivity contribution in [1.82, 2.24) is 4.72 Å². The number of hydrogen-bond donors (Lipinski definition) is 2. The van der Waals surface area contributed by atoms with Crippen LogP contribution in [0.3, 0.4) is 0 Å². The van der Waals surface area contributed by atoms with E-state index in [2.05, 4.69) is 30.8 Å². The third-order valence-electron chi connectivity index (χ3n) is 3.87. The highest BCUT2D eigenvalue weighted by Crippen LogP contribution is 2.24. The maximum absolute atomic E-state index is 12.3. The second-order valence-corrected chi connectivity index (χ2v) is 8.99. The van der Waals surface area contributed by atoms with E-state index < -0.39 is 10.0 Å². The first-order valence-corrected chi connectivity index (χ1v) is 10.2. The Hall–Kier alpha value is -2.38. The van der Waals surface area contributed by atoms with E-state index in [4.69, 9.17) is 4.74 Å². The Labute approximate surface area is 161 Å². The van der Waals surface area contributed by atoms with Gasteiger partial charge in [0.2, 0.25) is 15.9 Å². The van der Waals surface area contributed by atoms with Crippen LogP contribution in [0.15, 0.2) is 53.4 Å². The molecule has 0 unspecified atom stereocenters. The van der Waals surface area contributed by atoms with E-state index in [0.717, 1.165) is 0 Å². The Morgan fingerprint density at radius 3 is 2.11 bits per heavy atom. The summed E-state index contributed by atoms with van der Waals surface area (Å²) in [5.41, 5.74) is 1.82. The number of sulfonamides is 1. The van der Waals surface area contributed by atoms with Crippen molar-refractivity contribution >= 4 is 21.6 Å². The number of benzene rings is 2. The lowest BCUT2D eigenvalue weighted by atomic mass is 9.87. The normalized spacial score (nSPS) is 11.9. The van der Waals surface area contributed by atoms with Crippen molar-refractivity contribution in [3.05, 3.63) is 54.1 Å². The monoisotopic (exact) mass is 390 g/mol. The first kappa shape index (κ1) is 20.9. The molecule has 0 aliphatic heterocycles. The summed E-state index contributed by atoms with van der Waals surface area (Å²) in [6, 6.07) is 13.8. The minimum absolute atomic E-state index is 0.0731. The lowest BCUT2D eigenvalue weighted by Gasteiger charge is -2.19. The zero-order chi connectivity index (χ0) is 20.1. The number of ether oxygens (including phenoxy) is 1. The van der Waals surface area contributed by atoms with Crippen molar-refractivity contribution in [3.8, 4) is 5.75 Å². The number of carbonyl (C=O) groups excluding carboxylic acids is 1. The van der Waals surface area contributed by atoms with Gasteiger partial charge in [0.25, 0.3) is 0 Å². The van der Waals surface area contributed by atoms with Crippen LogP contribution >= 0.6 is 0 Å². The maximum Gasteiger partial charge on any atom is 0.240 e. The molecule has 0 spiro atoms. The van der Waals surface area contributed by atoms with Gasteiger partial charge in [-0.3, -0.25) is 4.79 Å². The molecule has 7 heteroatoms. The molecule has 2 aromatic rings. The van der Waals surface area contributed by atoms with Crippen molar-refractivity contribution in [2.24, 2.45) is 0 Å². The molecule has 0 heterocycles. The summed E-state index contributed by atoms with van der Waals surface area (Å²) in [5.74, 6) is 0.485. The van der Waals surface area contributed by atoms with Gasteiger partial charge in [-0.15, -0.1) is 0 Å². The minimum Gasteiger partial charge on any atom is -0.492 e. The molecule has 1 amide bonds. The van der Waals surface area contributed by atoms with Crippen LogP contribution in [0.2, 0.25) is 0 Å². The van der Waals surface area contributed by atoms with Crippen LogP contribution < -0.4 is 14.8 Å². The van der Waals surface area contributed by atoms with Crippen molar-refractivity contribution in [3.63, 3.8) is 0 Å². The summed E-state index contributed by atoms with van der Waals surface area (Å²) in [5, 5.41) is 2.59. The fraction of sp³-hybridized carbons (Fsp3) is 0.350. The van der Waals surface area contributed by atoms with Crippen LogP contribution in [0, 0.1) is 0 Å². The maximum atomic E-state index is 12.3. The number of anilines is 1. The highest BCUT2D eigenvalue weighted by molar-refractivity contribution is 7.89. The number of nitrogens with one attached hydrogen (secondary N) is 2. The molecule has 0 aliphatic carbocycles. The third-order valence-corrected chi connectivity index (χ3v) is 5.35. The van der Waals surface area contributed by atoms with Crippen LogP contribution in [-0.2, 0) is 20.2 Å². The molecule has 0 aliphatic rings. The fourth-order valence-corrected chi connectivity index (χ4v) is 3.41. The van der Waals surface area contributed by atoms with E-state index in [-0.39, 0.29) is 29.4 Å². The van der Waals surface area contributed by atoms with Gasteiger partial charge in [0.05, 0.1) is 4.90 Å². The molecule has 0 atom stereocenters. The van der Waals surface area contributed by atoms with Crippen LogP contribution in [0.5, 0.6) is 5.75 Å². The molecule has 2 N–H and O–H groups in total. The number of carbonyl (C=O) groups is 1. The zero-order valence-electron chi connectivity index (χ0n) is 16.1. The number of rotatable bonds is 7. The Bertz CT molecular complexity index is 868. The van der Waals surface area contributed by atoms with E-state index in [1.807, 2.05) is 24.3 Å². The standard InChI is InChI=1S/C20H26N2O4S/c1-15(23)22-17-7-11-19(12-8-17)27(24,25)21-13-14-26-18-9-5-16(6-10-18)20(2,3)4/h5-12,21H,13-14H2,1-4H3,(H,22,23). The van der Waals surface area contributed by atoms with Crippen molar-refractivity contribution in [2.75, 3.05) is 18.5 Å². The summed E-state index contributed by atoms with van der Waals surface area (Å²) in [6.45, 7) is 8.18. The van der Waals surface area contributed by atoms with Gasteiger partial charge >= 0.3 is 0 Å². The van der Waals surface area contributed by atoms with Crippen molar-refractivity contribution in [2.45, 2.75) is 38.0 Å². The lowest BCUT2D eigenvalue weighted by molar-refractivity contribution is -0.114. The van der Waals surface area contributed by atoms with E-state index in [0.29, 0.717) is 11.4 Å². The Morgan fingerprint density at radius 1 is 1.00 bits per heavy atom. The van der Waals surface area contributed by atoms with Crippen LogP contribution in [0.25, 0.3) is 0 Å². The van der Waals surface area contributed by atoms with E-state index in [9.17, 15) is 13.2 Å². The second-order valence-electron chi connectivity index (χ2n) is 7.23. The molecule has 146 valence electrons. The largest absolute Gasteiger partial charge is 0.492 e. The highest BCUT2D eigenvalue weighted by Gasteiger charge is 2.14. The molecule has 2 rings (SSSR count). The van der Waals surface area contributed by atoms with Gasteiger partial charge in [0.1, 0.15) is 12.4 Å². The number of amides is 1. The molecular weight excluding hydrogens is 364 g/mol. The van der Waals surface area contributed by atoms with Gasteiger partial charge < -0.3 is 10.1 Å². The molecule has 0 fully saturated rings. The Balaban J connectivity index is 1.86. The highest BCUT2D eigenvalue weighted by atomic mass is 32.2. The molecule has 0 saturated heterocycles. The number of hydrogen-bond acceptors (Lipinski definition) is 4. The molecular formula is C20H26N2O4S. The minimum atomic E-state index is -3.63. The first-order chi connectivity index (χ1) is 12.6. The fourth-order valence-electron chi connectivity index (χ4n) is 2.40. The third kappa shape index (κ3) is 6.37. The lowest BCUT2D eigenvalue weighted by Crippen LogP contribution is -2.28. The van der Waals surface area contributed by atoms with E-state index in [1.54, 1.807) is 12.1 Å². The van der Waals surface area contributed by atoms with Crippen LogP contribution in [0.4, 0.5) is 5.69 Å². The average molecular weight is 391 g/mol. The quantitative estimate of drug-likeness (QED) is 0.711. The average Bonchev–Trinajstić information content (AvgIpc) is 2.58. The molecule has 6 nitrogen and oxygen atoms in total. The van der Waals surface area contributed by atoms with Crippen molar-refractivity contribution < 1.29 is 17.9 Å². The first-order valence-electron chi connectivity index (χ1n) is 8.68. The van der Waals surface area contributed by atoms with Gasteiger partial charge in [0.15, 0.2) is 0 Å². The summed E-state index contributed by atoms with van der Waals surface area (Å²) in [4.78, 5) is 11.1.